The van der Waals surface area contributed by atoms with Crippen molar-refractivity contribution in [2.75, 3.05) is 24.9 Å². The molecule has 3 aliphatic rings. The summed E-state index contributed by atoms with van der Waals surface area (Å²) >= 11 is 1.78. The van der Waals surface area contributed by atoms with Crippen molar-refractivity contribution in [1.29, 1.82) is 0 Å². The smallest absolute Gasteiger partial charge is 0.231 e. The van der Waals surface area contributed by atoms with Crippen LogP contribution in [-0.4, -0.2) is 47.7 Å². The summed E-state index contributed by atoms with van der Waals surface area (Å²) in [5.74, 6) is 2.33. The van der Waals surface area contributed by atoms with Crippen LogP contribution in [0.5, 0.6) is 11.5 Å². The monoisotopic (exact) mass is 375 g/mol. The molecule has 1 aromatic rings. The first-order valence-electron chi connectivity index (χ1n) is 9.32. The second-order valence-electron chi connectivity index (χ2n) is 7.10. The van der Waals surface area contributed by atoms with E-state index in [2.05, 4.69) is 17.3 Å². The molecule has 0 aromatic heterocycles. The summed E-state index contributed by atoms with van der Waals surface area (Å²) in [4.78, 5) is 19.6. The average Bonchev–Trinajstić information content (AvgIpc) is 3.24. The molecule has 0 bridgehead atoms. The summed E-state index contributed by atoms with van der Waals surface area (Å²) in [6.07, 6.45) is 6.78. The lowest BCUT2D eigenvalue weighted by Crippen LogP contribution is -2.34. The Kier molecular flexibility index (Phi) is 5.24. The minimum Gasteiger partial charge on any atom is -0.454 e. The molecule has 1 atom stereocenters. The summed E-state index contributed by atoms with van der Waals surface area (Å²) < 4.78 is 10.7. The number of ether oxygens (including phenoxy) is 2. The Balaban J connectivity index is 1.32. The Hall–Kier alpha value is -1.89. The molecule has 1 saturated heterocycles. The van der Waals surface area contributed by atoms with E-state index in [4.69, 9.17) is 14.5 Å². The zero-order valence-corrected chi connectivity index (χ0v) is 15.9. The van der Waals surface area contributed by atoms with Gasteiger partial charge in [-0.25, -0.2) is 0 Å². The Morgan fingerprint density at radius 2 is 2.08 bits per heavy atom. The Morgan fingerprint density at radius 1 is 1.27 bits per heavy atom. The maximum atomic E-state index is 12.5. The van der Waals surface area contributed by atoms with Crippen molar-refractivity contribution in [1.82, 2.24) is 4.90 Å². The number of amidine groups is 1. The molecular formula is C19H25N3O3S. The number of nitrogens with zero attached hydrogens (tertiary/aromatic N) is 2. The molecule has 2 aliphatic heterocycles. The van der Waals surface area contributed by atoms with Gasteiger partial charge in [-0.3, -0.25) is 9.79 Å². The molecule has 26 heavy (non-hydrogen) atoms. The van der Waals surface area contributed by atoms with Crippen LogP contribution in [0.15, 0.2) is 23.2 Å². The van der Waals surface area contributed by atoms with E-state index >= 15 is 0 Å². The van der Waals surface area contributed by atoms with Crippen LogP contribution in [0.3, 0.4) is 0 Å². The number of aliphatic imine (C=N–C) groups is 1. The van der Waals surface area contributed by atoms with Gasteiger partial charge in [-0.05, 0) is 25.0 Å². The van der Waals surface area contributed by atoms with Crippen molar-refractivity contribution in [2.45, 2.75) is 50.6 Å². The number of carbonyl (C=O) groups is 1. The molecule has 1 saturated carbocycles. The molecule has 1 aliphatic carbocycles. The highest BCUT2D eigenvalue weighted by atomic mass is 32.2. The van der Waals surface area contributed by atoms with Gasteiger partial charge in [0.25, 0.3) is 0 Å². The van der Waals surface area contributed by atoms with Crippen molar-refractivity contribution in [3.8, 4) is 11.5 Å². The SMILES string of the molecule is CN1C(=NC2CCCCC2)SCC1CC(=O)Nc1ccc2c(c1)OCO2. The summed E-state index contributed by atoms with van der Waals surface area (Å²) in [5, 5.41) is 4.06. The normalized spacial score (nSPS) is 24.3. The highest BCUT2D eigenvalue weighted by molar-refractivity contribution is 8.14. The second-order valence-corrected chi connectivity index (χ2v) is 8.09. The number of hydrogen-bond acceptors (Lipinski definition) is 5. The van der Waals surface area contributed by atoms with E-state index in [1.165, 1.54) is 32.1 Å². The lowest BCUT2D eigenvalue weighted by atomic mass is 9.96. The van der Waals surface area contributed by atoms with Crippen LogP contribution in [0.2, 0.25) is 0 Å². The van der Waals surface area contributed by atoms with E-state index in [1.54, 1.807) is 11.8 Å². The van der Waals surface area contributed by atoms with Gasteiger partial charge in [-0.1, -0.05) is 31.0 Å². The Labute approximate surface area is 158 Å². The van der Waals surface area contributed by atoms with E-state index in [0.29, 0.717) is 18.2 Å². The predicted octanol–water partition coefficient (Wildman–Crippen LogP) is 3.48. The van der Waals surface area contributed by atoms with Gasteiger partial charge in [0, 0.05) is 37.0 Å². The number of benzene rings is 1. The Morgan fingerprint density at radius 3 is 2.92 bits per heavy atom. The maximum absolute atomic E-state index is 12.5. The van der Waals surface area contributed by atoms with Crippen LogP contribution >= 0.6 is 11.8 Å². The van der Waals surface area contributed by atoms with Gasteiger partial charge in [0.05, 0.1) is 6.04 Å². The summed E-state index contributed by atoms with van der Waals surface area (Å²) in [5.41, 5.74) is 0.739. The quantitative estimate of drug-likeness (QED) is 0.873. The molecule has 6 nitrogen and oxygen atoms in total. The molecule has 0 spiro atoms. The highest BCUT2D eigenvalue weighted by Gasteiger charge is 2.30. The van der Waals surface area contributed by atoms with Gasteiger partial charge in [0.2, 0.25) is 12.7 Å². The van der Waals surface area contributed by atoms with E-state index in [0.717, 1.165) is 22.4 Å². The molecule has 1 aromatic carbocycles. The fourth-order valence-electron chi connectivity index (χ4n) is 3.63. The van der Waals surface area contributed by atoms with Gasteiger partial charge in [-0.15, -0.1) is 0 Å². The molecule has 4 rings (SSSR count). The number of fused-ring (bicyclic) bond motifs is 1. The number of nitrogens with one attached hydrogen (secondary N) is 1. The molecule has 140 valence electrons. The van der Waals surface area contributed by atoms with Crippen LogP contribution in [0.1, 0.15) is 38.5 Å². The topological polar surface area (TPSA) is 63.2 Å². The molecule has 1 unspecified atom stereocenters. The molecule has 0 radical (unpaired) electrons. The van der Waals surface area contributed by atoms with Crippen molar-refractivity contribution in [2.24, 2.45) is 4.99 Å². The van der Waals surface area contributed by atoms with Crippen LogP contribution in [0, 0.1) is 0 Å². The third kappa shape index (κ3) is 3.92. The molecule has 7 heteroatoms. The molecule has 1 amide bonds. The van der Waals surface area contributed by atoms with E-state index in [1.807, 2.05) is 18.2 Å². The van der Waals surface area contributed by atoms with Gasteiger partial charge in [-0.2, -0.15) is 0 Å². The maximum Gasteiger partial charge on any atom is 0.231 e. The van der Waals surface area contributed by atoms with E-state index in [-0.39, 0.29) is 18.7 Å². The van der Waals surface area contributed by atoms with Gasteiger partial charge >= 0.3 is 0 Å². The first kappa shape index (κ1) is 17.5. The molecular weight excluding hydrogens is 350 g/mol. The number of thioether (sulfide) groups is 1. The third-order valence-corrected chi connectivity index (χ3v) is 6.40. The van der Waals surface area contributed by atoms with Crippen LogP contribution < -0.4 is 14.8 Å². The van der Waals surface area contributed by atoms with E-state index < -0.39 is 0 Å². The zero-order chi connectivity index (χ0) is 17.9. The van der Waals surface area contributed by atoms with Gasteiger partial charge in [0.15, 0.2) is 16.7 Å². The Bertz CT molecular complexity index is 703. The lowest BCUT2D eigenvalue weighted by molar-refractivity contribution is -0.116. The minimum absolute atomic E-state index is 0.0141. The van der Waals surface area contributed by atoms with Crippen molar-refractivity contribution in [3.05, 3.63) is 18.2 Å². The first-order valence-corrected chi connectivity index (χ1v) is 10.3. The zero-order valence-electron chi connectivity index (χ0n) is 15.1. The average molecular weight is 375 g/mol. The number of hydrogen-bond donors (Lipinski definition) is 1. The van der Waals surface area contributed by atoms with Gasteiger partial charge in [0.1, 0.15) is 0 Å². The first-order chi connectivity index (χ1) is 12.7. The molecule has 2 fully saturated rings. The molecule has 1 N–H and O–H groups in total. The van der Waals surface area contributed by atoms with E-state index in [9.17, 15) is 4.79 Å². The second kappa shape index (κ2) is 7.78. The minimum atomic E-state index is 0.0141. The number of anilines is 1. The number of carbonyl (C=O) groups excluding carboxylic acids is 1. The van der Waals surface area contributed by atoms with Crippen LogP contribution in [0.25, 0.3) is 0 Å². The lowest BCUT2D eigenvalue weighted by Gasteiger charge is -2.23. The third-order valence-electron chi connectivity index (χ3n) is 5.20. The largest absolute Gasteiger partial charge is 0.454 e. The van der Waals surface area contributed by atoms with Crippen molar-refractivity contribution >= 4 is 28.5 Å². The predicted molar refractivity (Wildman–Crippen MR) is 104 cm³/mol. The summed E-state index contributed by atoms with van der Waals surface area (Å²) in [6, 6.07) is 6.13. The molecule has 2 heterocycles. The number of rotatable bonds is 4. The standard InChI is InChI=1S/C19H25N3O3S/c1-22-15(11-26-19(22)21-13-5-3-2-4-6-13)10-18(23)20-14-7-8-16-17(9-14)25-12-24-16/h7-9,13,15H,2-6,10-12H2,1H3,(H,20,23). The van der Waals surface area contributed by atoms with Gasteiger partial charge < -0.3 is 19.7 Å². The van der Waals surface area contributed by atoms with Crippen molar-refractivity contribution < 1.29 is 14.3 Å². The fourth-order valence-corrected chi connectivity index (χ4v) is 4.89. The summed E-state index contributed by atoms with van der Waals surface area (Å²) in [6.45, 7) is 0.236. The van der Waals surface area contributed by atoms with Crippen LogP contribution in [-0.2, 0) is 4.79 Å². The number of amides is 1. The van der Waals surface area contributed by atoms with Crippen molar-refractivity contribution in [3.63, 3.8) is 0 Å². The highest BCUT2D eigenvalue weighted by Crippen LogP contribution is 2.34. The fraction of sp³-hybridized carbons (Fsp3) is 0.579. The summed E-state index contributed by atoms with van der Waals surface area (Å²) in [7, 11) is 2.06. The van der Waals surface area contributed by atoms with Crippen LogP contribution in [0.4, 0.5) is 5.69 Å².